The molecule has 2 aromatic carbocycles. The molecule has 114 valence electrons. The first kappa shape index (κ1) is 14.3. The largest absolute Gasteiger partial charge is 0.296 e. The molecule has 2 aromatic heterocycles. The van der Waals surface area contributed by atoms with Crippen LogP contribution in [0.5, 0.6) is 0 Å². The van der Waals surface area contributed by atoms with Gasteiger partial charge in [-0.3, -0.25) is 10.1 Å². The Kier molecular flexibility index (Phi) is 3.36. The van der Waals surface area contributed by atoms with Gasteiger partial charge in [-0.25, -0.2) is 9.97 Å². The van der Waals surface area contributed by atoms with Crippen molar-refractivity contribution in [3.63, 3.8) is 0 Å². The van der Waals surface area contributed by atoms with Gasteiger partial charge in [-0.05, 0) is 43.2 Å². The third kappa shape index (κ3) is 2.60. The Morgan fingerprint density at radius 1 is 1.04 bits per heavy atom. The number of anilines is 1. The molecule has 4 rings (SSSR count). The van der Waals surface area contributed by atoms with Crippen molar-refractivity contribution in [1.82, 2.24) is 9.97 Å². The van der Waals surface area contributed by atoms with Gasteiger partial charge in [0.25, 0.3) is 5.91 Å². The van der Waals surface area contributed by atoms with E-state index in [1.807, 2.05) is 37.3 Å². The summed E-state index contributed by atoms with van der Waals surface area (Å²) < 4.78 is 2.11. The standard InChI is InChI=1S/C17H13N3OS2/c1-9-7-10(2)14-12(8-9)19-17(23-14)20-15(21)16-18-11-5-3-4-6-13(11)22-16/h3-8H,1-2H3,(H,19,20,21). The fraction of sp³-hybridized carbons (Fsp3) is 0.118. The van der Waals surface area contributed by atoms with Gasteiger partial charge in [-0.2, -0.15) is 0 Å². The van der Waals surface area contributed by atoms with Crippen molar-refractivity contribution >= 4 is 54.1 Å². The van der Waals surface area contributed by atoms with Crippen molar-refractivity contribution < 1.29 is 4.79 Å². The van der Waals surface area contributed by atoms with Gasteiger partial charge in [-0.15, -0.1) is 11.3 Å². The van der Waals surface area contributed by atoms with Gasteiger partial charge >= 0.3 is 0 Å². The van der Waals surface area contributed by atoms with Gasteiger partial charge in [0.05, 0.1) is 20.4 Å². The number of aromatic nitrogens is 2. The number of hydrogen-bond donors (Lipinski definition) is 1. The molecular weight excluding hydrogens is 326 g/mol. The van der Waals surface area contributed by atoms with E-state index >= 15 is 0 Å². The number of hydrogen-bond acceptors (Lipinski definition) is 5. The quantitative estimate of drug-likeness (QED) is 0.572. The Bertz CT molecular complexity index is 1020. The van der Waals surface area contributed by atoms with Crippen molar-refractivity contribution in [3.05, 3.63) is 52.5 Å². The van der Waals surface area contributed by atoms with Crippen molar-refractivity contribution in [3.8, 4) is 0 Å². The summed E-state index contributed by atoms with van der Waals surface area (Å²) in [5.74, 6) is -0.209. The zero-order chi connectivity index (χ0) is 16.0. The highest BCUT2D eigenvalue weighted by atomic mass is 32.1. The van der Waals surface area contributed by atoms with E-state index in [2.05, 4.69) is 28.3 Å². The van der Waals surface area contributed by atoms with E-state index in [0.717, 1.165) is 20.4 Å². The lowest BCUT2D eigenvalue weighted by molar-refractivity contribution is 0.102. The lowest BCUT2D eigenvalue weighted by atomic mass is 10.1. The van der Waals surface area contributed by atoms with Crippen LogP contribution in [0.1, 0.15) is 20.9 Å². The van der Waals surface area contributed by atoms with E-state index in [0.29, 0.717) is 10.1 Å². The summed E-state index contributed by atoms with van der Waals surface area (Å²) in [7, 11) is 0. The van der Waals surface area contributed by atoms with Gasteiger partial charge < -0.3 is 0 Å². The highest BCUT2D eigenvalue weighted by Crippen LogP contribution is 2.30. The molecular formula is C17H13N3OS2. The van der Waals surface area contributed by atoms with E-state index in [9.17, 15) is 4.79 Å². The van der Waals surface area contributed by atoms with Crippen molar-refractivity contribution in [2.24, 2.45) is 0 Å². The number of carbonyl (C=O) groups is 1. The molecule has 0 saturated carbocycles. The summed E-state index contributed by atoms with van der Waals surface area (Å²) in [6.07, 6.45) is 0. The number of nitrogens with one attached hydrogen (secondary N) is 1. The number of aryl methyl sites for hydroxylation is 2. The van der Waals surface area contributed by atoms with Gasteiger partial charge in [0.1, 0.15) is 0 Å². The summed E-state index contributed by atoms with van der Waals surface area (Å²) >= 11 is 2.89. The molecule has 0 spiro atoms. The minimum absolute atomic E-state index is 0.209. The van der Waals surface area contributed by atoms with E-state index in [1.165, 1.54) is 33.8 Å². The average Bonchev–Trinajstić information content (AvgIpc) is 3.10. The van der Waals surface area contributed by atoms with Gasteiger partial charge in [0, 0.05) is 0 Å². The number of amides is 1. The maximum absolute atomic E-state index is 12.4. The molecule has 0 saturated heterocycles. The molecule has 4 nitrogen and oxygen atoms in total. The number of para-hydroxylation sites is 1. The second kappa shape index (κ2) is 5.40. The number of benzene rings is 2. The third-order valence-electron chi connectivity index (χ3n) is 3.53. The first-order chi connectivity index (χ1) is 11.1. The predicted molar refractivity (Wildman–Crippen MR) is 96.7 cm³/mol. The maximum atomic E-state index is 12.4. The monoisotopic (exact) mass is 339 g/mol. The zero-order valence-electron chi connectivity index (χ0n) is 12.6. The molecule has 0 aliphatic heterocycles. The molecule has 0 unspecified atom stereocenters. The van der Waals surface area contributed by atoms with Crippen LogP contribution >= 0.6 is 22.7 Å². The van der Waals surface area contributed by atoms with E-state index in [-0.39, 0.29) is 5.91 Å². The Morgan fingerprint density at radius 2 is 1.87 bits per heavy atom. The highest BCUT2D eigenvalue weighted by Gasteiger charge is 2.15. The first-order valence-electron chi connectivity index (χ1n) is 7.15. The van der Waals surface area contributed by atoms with Gasteiger partial charge in [0.2, 0.25) is 0 Å². The van der Waals surface area contributed by atoms with E-state index in [4.69, 9.17) is 0 Å². The Morgan fingerprint density at radius 3 is 2.70 bits per heavy atom. The summed E-state index contributed by atoms with van der Waals surface area (Å²) in [6.45, 7) is 4.11. The van der Waals surface area contributed by atoms with Gasteiger partial charge in [0.15, 0.2) is 10.1 Å². The van der Waals surface area contributed by atoms with E-state index in [1.54, 1.807) is 0 Å². The number of rotatable bonds is 2. The SMILES string of the molecule is Cc1cc(C)c2sc(NC(=O)c3nc4ccccc4s3)nc2c1. The Labute approximate surface area is 140 Å². The lowest BCUT2D eigenvalue weighted by Crippen LogP contribution is -2.10. The molecule has 0 aliphatic carbocycles. The summed E-state index contributed by atoms with van der Waals surface area (Å²) in [6, 6.07) is 11.9. The van der Waals surface area contributed by atoms with Crippen molar-refractivity contribution in [1.29, 1.82) is 0 Å². The molecule has 4 aromatic rings. The number of carbonyl (C=O) groups excluding carboxylic acids is 1. The molecule has 0 radical (unpaired) electrons. The minimum atomic E-state index is -0.209. The van der Waals surface area contributed by atoms with Crippen LogP contribution in [0.15, 0.2) is 36.4 Å². The Balaban J connectivity index is 1.67. The van der Waals surface area contributed by atoms with Crippen LogP contribution in [-0.2, 0) is 0 Å². The minimum Gasteiger partial charge on any atom is -0.296 e. The fourth-order valence-corrected chi connectivity index (χ4v) is 4.32. The highest BCUT2D eigenvalue weighted by molar-refractivity contribution is 7.23. The second-order valence-corrected chi connectivity index (χ2v) is 7.42. The fourth-order valence-electron chi connectivity index (χ4n) is 2.55. The molecule has 6 heteroatoms. The summed E-state index contributed by atoms with van der Waals surface area (Å²) in [5, 5.41) is 3.94. The topological polar surface area (TPSA) is 54.9 Å². The molecule has 23 heavy (non-hydrogen) atoms. The van der Waals surface area contributed by atoms with Crippen LogP contribution in [0.2, 0.25) is 0 Å². The van der Waals surface area contributed by atoms with Crippen molar-refractivity contribution in [2.45, 2.75) is 13.8 Å². The normalized spacial score (nSPS) is 11.2. The van der Waals surface area contributed by atoms with Crippen LogP contribution in [-0.4, -0.2) is 15.9 Å². The predicted octanol–water partition coefficient (Wildman–Crippen LogP) is 4.78. The number of nitrogens with zero attached hydrogens (tertiary/aromatic N) is 2. The first-order valence-corrected chi connectivity index (χ1v) is 8.78. The molecule has 0 aliphatic rings. The number of fused-ring (bicyclic) bond motifs is 2. The average molecular weight is 339 g/mol. The molecule has 0 bridgehead atoms. The van der Waals surface area contributed by atoms with Crippen LogP contribution in [0.4, 0.5) is 5.13 Å². The van der Waals surface area contributed by atoms with Crippen molar-refractivity contribution in [2.75, 3.05) is 5.32 Å². The molecule has 0 fully saturated rings. The van der Waals surface area contributed by atoms with Gasteiger partial charge in [-0.1, -0.05) is 29.5 Å². The smallest absolute Gasteiger partial charge is 0.286 e. The molecule has 2 heterocycles. The molecule has 1 amide bonds. The summed E-state index contributed by atoms with van der Waals surface area (Å²) in [5.41, 5.74) is 4.12. The zero-order valence-corrected chi connectivity index (χ0v) is 14.2. The molecule has 0 atom stereocenters. The summed E-state index contributed by atoms with van der Waals surface area (Å²) in [4.78, 5) is 21.3. The second-order valence-electron chi connectivity index (χ2n) is 5.39. The third-order valence-corrected chi connectivity index (χ3v) is 5.69. The lowest BCUT2D eigenvalue weighted by Gasteiger charge is -1.96. The molecule has 1 N–H and O–H groups in total. The van der Waals surface area contributed by atoms with Crippen LogP contribution in [0.3, 0.4) is 0 Å². The van der Waals surface area contributed by atoms with Crippen LogP contribution in [0, 0.1) is 13.8 Å². The Hall–Kier alpha value is -2.31. The van der Waals surface area contributed by atoms with Crippen LogP contribution < -0.4 is 5.32 Å². The van der Waals surface area contributed by atoms with Crippen LogP contribution in [0.25, 0.3) is 20.4 Å². The van der Waals surface area contributed by atoms with E-state index < -0.39 is 0 Å². The number of thiazole rings is 2. The maximum Gasteiger partial charge on any atom is 0.286 e.